The molecule has 162 valence electrons. The first-order chi connectivity index (χ1) is 15.7. The molecule has 2 aromatic heterocycles. The number of pyridine rings is 1. The van der Waals surface area contributed by atoms with Crippen LogP contribution in [0.15, 0.2) is 54.7 Å². The summed E-state index contributed by atoms with van der Waals surface area (Å²) >= 11 is 0. The summed E-state index contributed by atoms with van der Waals surface area (Å²) in [5.74, 6) is 0.180. The van der Waals surface area contributed by atoms with Crippen molar-refractivity contribution in [3.63, 3.8) is 0 Å². The van der Waals surface area contributed by atoms with Gasteiger partial charge >= 0.3 is 0 Å². The van der Waals surface area contributed by atoms with Crippen LogP contribution in [0.25, 0.3) is 21.8 Å². The van der Waals surface area contributed by atoms with Gasteiger partial charge in [-0.05, 0) is 55.4 Å². The number of carbonyl (C=O) groups excluding carboxylic acids is 2. The molecule has 2 amide bonds. The summed E-state index contributed by atoms with van der Waals surface area (Å²) in [5, 5.41) is 11.0. The number of hydrogen-bond acceptors (Lipinski definition) is 5. The summed E-state index contributed by atoms with van der Waals surface area (Å²) in [6.07, 6.45) is 3.91. The topological polar surface area (TPSA) is 112 Å². The average molecular weight is 428 g/mol. The van der Waals surface area contributed by atoms with E-state index in [4.69, 9.17) is 0 Å². The van der Waals surface area contributed by atoms with Gasteiger partial charge < -0.3 is 15.6 Å². The van der Waals surface area contributed by atoms with Crippen LogP contribution in [0.4, 0.5) is 5.95 Å². The number of H-pyrrole nitrogens is 1. The maximum absolute atomic E-state index is 12.8. The summed E-state index contributed by atoms with van der Waals surface area (Å²) in [6, 6.07) is 14.8. The van der Waals surface area contributed by atoms with Crippen LogP contribution >= 0.6 is 0 Å². The number of nitrogens with one attached hydrogen (secondary N) is 4. The first-order valence-corrected chi connectivity index (χ1v) is 10.8. The Morgan fingerprint density at radius 3 is 2.78 bits per heavy atom. The van der Waals surface area contributed by atoms with Gasteiger partial charge in [0.15, 0.2) is 0 Å². The highest BCUT2D eigenvalue weighted by molar-refractivity contribution is 6.07. The molecule has 5 rings (SSSR count). The lowest BCUT2D eigenvalue weighted by Gasteiger charge is -2.22. The van der Waals surface area contributed by atoms with Crippen molar-refractivity contribution in [2.45, 2.75) is 12.8 Å². The van der Waals surface area contributed by atoms with Crippen LogP contribution < -0.4 is 16.0 Å². The van der Waals surface area contributed by atoms with Crippen LogP contribution in [-0.2, 0) is 0 Å². The van der Waals surface area contributed by atoms with Crippen LogP contribution in [-0.4, -0.2) is 46.4 Å². The number of imidazole rings is 1. The van der Waals surface area contributed by atoms with Crippen molar-refractivity contribution >= 4 is 39.6 Å². The zero-order valence-corrected chi connectivity index (χ0v) is 17.5. The fraction of sp³-hybridized carbons (Fsp3) is 0.250. The van der Waals surface area contributed by atoms with Crippen molar-refractivity contribution in [2.24, 2.45) is 5.92 Å². The van der Waals surface area contributed by atoms with E-state index in [0.29, 0.717) is 34.8 Å². The molecule has 4 aromatic rings. The lowest BCUT2D eigenvalue weighted by atomic mass is 9.99. The lowest BCUT2D eigenvalue weighted by molar-refractivity contribution is 0.0945. The molecule has 1 fully saturated rings. The van der Waals surface area contributed by atoms with Crippen LogP contribution in [0.2, 0.25) is 0 Å². The Hall–Kier alpha value is -3.78. The Balaban J connectivity index is 1.32. The minimum Gasteiger partial charge on any atom is -0.352 e. The van der Waals surface area contributed by atoms with Gasteiger partial charge in [-0.2, -0.15) is 0 Å². The van der Waals surface area contributed by atoms with Crippen LogP contribution in [0.3, 0.4) is 0 Å². The number of anilines is 1. The van der Waals surface area contributed by atoms with E-state index in [1.54, 1.807) is 24.4 Å². The fourth-order valence-corrected chi connectivity index (χ4v) is 4.08. The fourth-order valence-electron chi connectivity index (χ4n) is 4.08. The molecule has 4 N–H and O–H groups in total. The normalized spacial score (nSPS) is 16.2. The second-order valence-corrected chi connectivity index (χ2v) is 8.08. The molecule has 0 aliphatic carbocycles. The minimum atomic E-state index is -0.370. The second-order valence-electron chi connectivity index (χ2n) is 8.08. The quantitative estimate of drug-likeness (QED) is 0.390. The maximum Gasteiger partial charge on any atom is 0.276 e. The number of fused-ring (bicyclic) bond motifs is 2. The Morgan fingerprint density at radius 2 is 1.94 bits per heavy atom. The molecule has 1 aliphatic rings. The van der Waals surface area contributed by atoms with Crippen LogP contribution in [0.1, 0.15) is 33.7 Å². The molecule has 0 unspecified atom stereocenters. The van der Waals surface area contributed by atoms with E-state index in [9.17, 15) is 9.59 Å². The highest BCUT2D eigenvalue weighted by Gasteiger charge is 2.18. The van der Waals surface area contributed by atoms with E-state index < -0.39 is 0 Å². The molecule has 8 nitrogen and oxygen atoms in total. The lowest BCUT2D eigenvalue weighted by Crippen LogP contribution is -2.38. The number of amides is 2. The van der Waals surface area contributed by atoms with Crippen molar-refractivity contribution in [1.29, 1.82) is 0 Å². The van der Waals surface area contributed by atoms with Crippen molar-refractivity contribution in [2.75, 3.05) is 25.0 Å². The molecular weight excluding hydrogens is 404 g/mol. The molecule has 3 heterocycles. The summed E-state index contributed by atoms with van der Waals surface area (Å²) in [6.45, 7) is 2.59. The average Bonchev–Trinajstić information content (AvgIpc) is 3.25. The molecule has 2 aromatic carbocycles. The third-order valence-corrected chi connectivity index (χ3v) is 5.80. The number of hydrogen-bond donors (Lipinski definition) is 4. The molecule has 0 saturated carbocycles. The van der Waals surface area contributed by atoms with Gasteiger partial charge in [-0.15, -0.1) is 0 Å². The molecule has 32 heavy (non-hydrogen) atoms. The molecule has 1 saturated heterocycles. The van der Waals surface area contributed by atoms with E-state index in [-0.39, 0.29) is 17.8 Å². The largest absolute Gasteiger partial charge is 0.352 e. The van der Waals surface area contributed by atoms with Gasteiger partial charge in [-0.1, -0.05) is 30.3 Å². The summed E-state index contributed by atoms with van der Waals surface area (Å²) in [5.41, 5.74) is 1.97. The molecular formula is C24H24N6O2. The highest BCUT2D eigenvalue weighted by atomic mass is 16.2. The van der Waals surface area contributed by atoms with Gasteiger partial charge in [-0.25, -0.2) is 4.98 Å². The Bertz CT molecular complexity index is 1290. The Morgan fingerprint density at radius 1 is 1.06 bits per heavy atom. The monoisotopic (exact) mass is 428 g/mol. The number of rotatable bonds is 5. The zero-order chi connectivity index (χ0) is 21.9. The van der Waals surface area contributed by atoms with E-state index in [1.807, 2.05) is 30.3 Å². The second kappa shape index (κ2) is 8.76. The Kier molecular flexibility index (Phi) is 5.51. The number of nitrogens with zero attached hydrogens (tertiary/aromatic N) is 2. The van der Waals surface area contributed by atoms with Gasteiger partial charge in [0.05, 0.1) is 11.1 Å². The molecule has 0 bridgehead atoms. The predicted molar refractivity (Wildman–Crippen MR) is 124 cm³/mol. The number of benzene rings is 2. The van der Waals surface area contributed by atoms with Crippen LogP contribution in [0, 0.1) is 5.92 Å². The van der Waals surface area contributed by atoms with Gasteiger partial charge in [-0.3, -0.25) is 19.9 Å². The molecule has 0 spiro atoms. The number of carbonyl (C=O) groups is 2. The number of aromatic amines is 1. The van der Waals surface area contributed by atoms with E-state index in [1.165, 1.54) is 0 Å². The maximum atomic E-state index is 12.8. The number of piperidine rings is 1. The predicted octanol–water partition coefficient (Wildman–Crippen LogP) is 3.09. The van der Waals surface area contributed by atoms with E-state index in [2.05, 4.69) is 30.9 Å². The van der Waals surface area contributed by atoms with Crippen molar-refractivity contribution in [3.05, 3.63) is 66.0 Å². The van der Waals surface area contributed by atoms with Crippen LogP contribution in [0.5, 0.6) is 0 Å². The first kappa shape index (κ1) is 20.1. The van der Waals surface area contributed by atoms with Crippen molar-refractivity contribution in [1.82, 2.24) is 25.6 Å². The zero-order valence-electron chi connectivity index (χ0n) is 17.5. The van der Waals surface area contributed by atoms with Gasteiger partial charge in [0, 0.05) is 18.1 Å². The van der Waals surface area contributed by atoms with Gasteiger partial charge in [0.1, 0.15) is 11.2 Å². The Labute approximate surface area is 184 Å². The standard InChI is InChI=1S/C24H24N6O2/c31-22(27-13-15-5-4-10-25-12-15)18-8-3-9-19-21(18)29-24(28-19)30-23(32)20-11-16-6-1-2-7-17(16)14-26-20/h1-3,6-9,11,14-15,25H,4-5,10,12-13H2,(H,27,31)(H2,28,29,30,32)/t15-/m0/s1. The smallest absolute Gasteiger partial charge is 0.276 e. The number of aromatic nitrogens is 3. The number of para-hydroxylation sites is 1. The summed E-state index contributed by atoms with van der Waals surface area (Å²) < 4.78 is 0. The third kappa shape index (κ3) is 4.17. The minimum absolute atomic E-state index is 0.165. The van der Waals surface area contributed by atoms with Crippen molar-refractivity contribution < 1.29 is 9.59 Å². The van der Waals surface area contributed by atoms with Crippen molar-refractivity contribution in [3.8, 4) is 0 Å². The van der Waals surface area contributed by atoms with Gasteiger partial charge in [0.25, 0.3) is 11.8 Å². The van der Waals surface area contributed by atoms with E-state index in [0.717, 1.165) is 36.7 Å². The SMILES string of the molecule is O=C(Nc1nc2c(C(=O)NC[C@H]3CCCNC3)cccc2[nH]1)c1cc2ccccc2cn1. The van der Waals surface area contributed by atoms with E-state index >= 15 is 0 Å². The molecule has 0 radical (unpaired) electrons. The first-order valence-electron chi connectivity index (χ1n) is 10.8. The molecule has 1 aliphatic heterocycles. The summed E-state index contributed by atoms with van der Waals surface area (Å²) in [4.78, 5) is 37.3. The molecule has 1 atom stereocenters. The van der Waals surface area contributed by atoms with Gasteiger partial charge in [0.2, 0.25) is 5.95 Å². The highest BCUT2D eigenvalue weighted by Crippen LogP contribution is 2.20. The molecule has 8 heteroatoms. The summed E-state index contributed by atoms with van der Waals surface area (Å²) in [7, 11) is 0. The third-order valence-electron chi connectivity index (χ3n) is 5.80.